The third kappa shape index (κ3) is 6.64. The second-order valence-electron chi connectivity index (χ2n) is 10.9. The van der Waals surface area contributed by atoms with E-state index in [-0.39, 0.29) is 34.2 Å². The van der Waals surface area contributed by atoms with Crippen molar-refractivity contribution in [1.82, 2.24) is 34.1 Å². The lowest BCUT2D eigenvalue weighted by Crippen LogP contribution is -2.46. The van der Waals surface area contributed by atoms with Crippen LogP contribution in [-0.4, -0.2) is 116 Å². The Balaban J connectivity index is 1.08. The summed E-state index contributed by atoms with van der Waals surface area (Å²) in [6, 6.07) is 0. The van der Waals surface area contributed by atoms with Gasteiger partial charge in [0.2, 0.25) is 17.7 Å². The number of nitrogen functional groups attached to an aromatic ring is 2. The van der Waals surface area contributed by atoms with E-state index in [1.54, 1.807) is 0 Å². The van der Waals surface area contributed by atoms with Gasteiger partial charge in [-0.2, -0.15) is 9.29 Å². The Labute approximate surface area is 271 Å². The van der Waals surface area contributed by atoms with Gasteiger partial charge in [-0.1, -0.05) is 4.98 Å². The van der Waals surface area contributed by atoms with Crippen LogP contribution in [0.3, 0.4) is 0 Å². The molecule has 2 saturated heterocycles. The highest BCUT2D eigenvalue weighted by atomic mass is 31.3. The first kappa shape index (κ1) is 35.2. The molecule has 0 aliphatic carbocycles. The molecule has 4 aromatic rings. The first-order valence-electron chi connectivity index (χ1n) is 14.0. The number of nitrogens with two attached hydrogens (primary N) is 2. The topological polar surface area (TPSA) is 361 Å². The van der Waals surface area contributed by atoms with Crippen molar-refractivity contribution in [2.24, 2.45) is 7.05 Å². The molecule has 49 heavy (non-hydrogen) atoms. The Morgan fingerprint density at radius 1 is 0.959 bits per heavy atom. The second-order valence-corrected chi connectivity index (χ2v) is 14.0. The molecule has 0 bridgehead atoms. The molecule has 25 nitrogen and oxygen atoms in total. The number of fused-ring (bicyclic) bond motifs is 2. The fraction of sp³-hybridized carbons (Fsp3) is 0.545. The molecule has 268 valence electrons. The van der Waals surface area contributed by atoms with Crippen LogP contribution < -0.4 is 27.2 Å². The average Bonchev–Trinajstić information content (AvgIpc) is 3.73. The Hall–Kier alpha value is -3.68. The molecule has 27 heteroatoms. The van der Waals surface area contributed by atoms with E-state index >= 15 is 0 Å². The molecule has 0 spiro atoms. The number of ether oxygens (including phenoxy) is 3. The van der Waals surface area contributed by atoms with Crippen molar-refractivity contribution in [2.75, 3.05) is 31.8 Å². The fourth-order valence-electron chi connectivity index (χ4n) is 5.57. The molecule has 0 aromatic carbocycles. The molecule has 10 atom stereocenters. The highest BCUT2D eigenvalue weighted by Crippen LogP contribution is 2.60. The van der Waals surface area contributed by atoms with Crippen molar-refractivity contribution in [3.8, 4) is 0 Å². The molecular weight excluding hydrogens is 706 g/mol. The monoisotopic (exact) mass is 737 g/mol. The minimum absolute atomic E-state index is 0.0453. The average molecular weight is 737 g/mol. The van der Waals surface area contributed by atoms with Gasteiger partial charge < -0.3 is 50.8 Å². The molecule has 2 fully saturated rings. The number of rotatable bonds is 11. The zero-order valence-electron chi connectivity index (χ0n) is 25.2. The van der Waals surface area contributed by atoms with Gasteiger partial charge in [0.15, 0.2) is 23.7 Å². The molecular formula is C22H31N10O15P2+. The summed E-state index contributed by atoms with van der Waals surface area (Å²) in [7, 11) is -8.07. The van der Waals surface area contributed by atoms with E-state index in [0.29, 0.717) is 0 Å². The van der Waals surface area contributed by atoms with Gasteiger partial charge in [0.05, 0.1) is 26.6 Å². The van der Waals surface area contributed by atoms with Crippen molar-refractivity contribution in [3.05, 3.63) is 33.4 Å². The third-order valence-electron chi connectivity index (χ3n) is 7.72. The van der Waals surface area contributed by atoms with Crippen molar-refractivity contribution in [3.63, 3.8) is 0 Å². The molecule has 0 amide bonds. The smallest absolute Gasteiger partial charge is 0.387 e. The van der Waals surface area contributed by atoms with Gasteiger partial charge in [-0.25, -0.2) is 18.7 Å². The minimum atomic E-state index is -5.42. The van der Waals surface area contributed by atoms with Crippen LogP contribution in [0.15, 0.2) is 22.2 Å². The number of aromatic nitrogens is 8. The maximum Gasteiger partial charge on any atom is 0.481 e. The van der Waals surface area contributed by atoms with Gasteiger partial charge in [0, 0.05) is 7.11 Å². The number of nitrogens with zero attached hydrogens (tertiary/aromatic N) is 6. The predicted molar refractivity (Wildman–Crippen MR) is 158 cm³/mol. The van der Waals surface area contributed by atoms with Crippen LogP contribution in [0.1, 0.15) is 12.5 Å². The SMILES string of the molecule is COC1[C@@H](COP(=O)(O)OP(=O)(O)OC[C@H]2O[C@@H](n3cnc4c(=O)[nH]c(N)nc43)[C@@H](O)C2O)O[C@@H]([n+]2cn(C)c3c(=O)[nH]c(N)nc32)[C@H]1O. The molecule has 0 radical (unpaired) electrons. The largest absolute Gasteiger partial charge is 0.481 e. The maximum absolute atomic E-state index is 12.7. The number of aromatic amines is 2. The molecule has 0 saturated carbocycles. The number of anilines is 2. The van der Waals surface area contributed by atoms with Gasteiger partial charge in [0.25, 0.3) is 17.1 Å². The Bertz CT molecular complexity index is 2100. The molecule has 6 rings (SSSR count). The van der Waals surface area contributed by atoms with Crippen molar-refractivity contribution in [2.45, 2.75) is 49.1 Å². The van der Waals surface area contributed by atoms with Gasteiger partial charge in [-0.3, -0.25) is 37.7 Å². The molecule has 6 heterocycles. The number of phosphoric acid groups is 2. The van der Waals surface area contributed by atoms with Crippen LogP contribution in [0.25, 0.3) is 22.3 Å². The number of hydrogen-bond acceptors (Lipinski definition) is 18. The lowest BCUT2D eigenvalue weighted by molar-refractivity contribution is -0.745. The van der Waals surface area contributed by atoms with E-state index in [0.717, 1.165) is 10.9 Å². The number of nitrogens with one attached hydrogen (secondary N) is 2. The van der Waals surface area contributed by atoms with E-state index in [4.69, 9.17) is 34.7 Å². The highest BCUT2D eigenvalue weighted by molar-refractivity contribution is 7.61. The summed E-state index contributed by atoms with van der Waals surface area (Å²) in [5.74, 6) is -0.474. The molecule has 4 aromatic heterocycles. The third-order valence-corrected chi connectivity index (χ3v) is 10.3. The normalized spacial score (nSPS) is 29.9. The summed E-state index contributed by atoms with van der Waals surface area (Å²) in [5.41, 5.74) is 9.90. The fourth-order valence-corrected chi connectivity index (χ4v) is 7.66. The van der Waals surface area contributed by atoms with Gasteiger partial charge in [-0.15, -0.1) is 0 Å². The van der Waals surface area contributed by atoms with Gasteiger partial charge >= 0.3 is 21.3 Å². The zero-order chi connectivity index (χ0) is 35.6. The van der Waals surface area contributed by atoms with Crippen molar-refractivity contribution in [1.29, 1.82) is 0 Å². The number of H-pyrrole nitrogens is 2. The predicted octanol–water partition coefficient (Wildman–Crippen LogP) is -4.01. The van der Waals surface area contributed by atoms with Crippen molar-refractivity contribution < 1.29 is 66.4 Å². The van der Waals surface area contributed by atoms with Crippen molar-refractivity contribution >= 4 is 49.9 Å². The Kier molecular flexibility index (Phi) is 9.25. The van der Waals surface area contributed by atoms with Crippen LogP contribution in [0.4, 0.5) is 11.9 Å². The van der Waals surface area contributed by atoms with Crippen LogP contribution in [0, 0.1) is 0 Å². The lowest BCUT2D eigenvalue weighted by atomic mass is 10.1. The summed E-state index contributed by atoms with van der Waals surface area (Å²) in [6.07, 6.45) is -8.97. The summed E-state index contributed by atoms with van der Waals surface area (Å²) in [6.45, 7) is -1.76. The van der Waals surface area contributed by atoms with E-state index in [1.807, 2.05) is 0 Å². The Morgan fingerprint density at radius 3 is 2.27 bits per heavy atom. The number of imidazole rings is 2. The summed E-state index contributed by atoms with van der Waals surface area (Å²) >= 11 is 0. The summed E-state index contributed by atoms with van der Waals surface area (Å²) in [4.78, 5) is 61.3. The van der Waals surface area contributed by atoms with Crippen LogP contribution in [0.5, 0.6) is 0 Å². The molecule has 4 unspecified atom stereocenters. The standard InChI is InChI=1S/C22H30N10O15P2/c1-30-6-32(16-10(30)18(37)29-22(24)27-16)20-13(35)14(42-2)8(46-20)4-44-49(40,41)47-48(38,39)43-3-7-11(33)12(34)19(45-7)31-5-25-9-15(31)26-21(23)28-17(9)36/h5-8,11-14,19-20,33-35H,3-4H2,1-2H3,(H7-,23,24,26,27,28,29,36,37,38,39,40,41)/p+1/t7-,8-,11?,12+,13+,14?,19-,20-/m1/s1. The Morgan fingerprint density at radius 2 is 1.59 bits per heavy atom. The van der Waals surface area contributed by atoms with Crippen LogP contribution in [-0.2, 0) is 43.7 Å². The molecule has 2 aliphatic rings. The lowest BCUT2D eigenvalue weighted by Gasteiger charge is -2.21. The quantitative estimate of drug-likeness (QED) is 0.0523. The molecule has 11 N–H and O–H groups in total. The number of phosphoric ester groups is 2. The maximum atomic E-state index is 12.7. The number of methoxy groups -OCH3 is 1. The van der Waals surface area contributed by atoms with Crippen LogP contribution >= 0.6 is 15.6 Å². The van der Waals surface area contributed by atoms with Crippen LogP contribution in [0.2, 0.25) is 0 Å². The number of aliphatic hydroxyl groups excluding tert-OH is 3. The first-order valence-corrected chi connectivity index (χ1v) is 17.0. The second kappa shape index (κ2) is 12.9. The number of hydrogen-bond donors (Lipinski definition) is 9. The zero-order valence-corrected chi connectivity index (χ0v) is 27.0. The number of aryl methyl sites for hydroxylation is 1. The number of aliphatic hydroxyl groups is 3. The first-order chi connectivity index (χ1) is 23.0. The van der Waals surface area contributed by atoms with E-state index in [1.165, 1.54) is 29.6 Å². The highest BCUT2D eigenvalue weighted by Gasteiger charge is 2.50. The van der Waals surface area contributed by atoms with E-state index < -0.39 is 89.1 Å². The van der Waals surface area contributed by atoms with Gasteiger partial charge in [0.1, 0.15) is 36.6 Å². The summed E-state index contributed by atoms with van der Waals surface area (Å²) < 4.78 is 59.7. The molecule has 2 aliphatic heterocycles. The summed E-state index contributed by atoms with van der Waals surface area (Å²) in [5, 5.41) is 32.0. The van der Waals surface area contributed by atoms with E-state index in [9.17, 15) is 43.8 Å². The van der Waals surface area contributed by atoms with E-state index in [2.05, 4.69) is 29.2 Å². The minimum Gasteiger partial charge on any atom is -0.387 e. The van der Waals surface area contributed by atoms with Gasteiger partial charge in [-0.05, 0) is 0 Å².